The minimum Gasteiger partial charge on any atom is -0.495 e. The van der Waals surface area contributed by atoms with Gasteiger partial charge in [-0.1, -0.05) is 0 Å². The van der Waals surface area contributed by atoms with Gasteiger partial charge in [-0.2, -0.15) is 0 Å². The molecule has 0 spiro atoms. The fraction of sp³-hybridized carbons (Fsp3) is 0.250. The monoisotopic (exact) mass is 384 g/mol. The maximum Gasteiger partial charge on any atom is 0.246 e. The summed E-state index contributed by atoms with van der Waals surface area (Å²) in [4.78, 5) is 34.9. The van der Waals surface area contributed by atoms with E-state index >= 15 is 0 Å². The Balaban J connectivity index is 2.05. The standard InChI is InChI=1S/C20H24N4O4/c1-12(21-15-5-7-16(8-6-15)22-13(2)25)20(27)24-18-11-17(23-14(3)26)9-10-19(18)28-4/h5-12,21H,1-4H3,(H,22,25)(H,23,26)(H,24,27). The molecule has 28 heavy (non-hydrogen) atoms. The smallest absolute Gasteiger partial charge is 0.246 e. The van der Waals surface area contributed by atoms with Gasteiger partial charge in [0.2, 0.25) is 17.7 Å². The number of carbonyl (C=O) groups excluding carboxylic acids is 3. The molecule has 0 fully saturated rings. The molecule has 3 amide bonds. The number of carbonyl (C=O) groups is 3. The zero-order valence-electron chi connectivity index (χ0n) is 16.3. The van der Waals surface area contributed by atoms with Gasteiger partial charge < -0.3 is 26.0 Å². The molecule has 0 aliphatic heterocycles. The second-order valence-corrected chi connectivity index (χ2v) is 6.21. The number of amides is 3. The summed E-state index contributed by atoms with van der Waals surface area (Å²) in [5.74, 6) is -0.150. The third kappa shape index (κ3) is 6.01. The predicted octanol–water partition coefficient (Wildman–Crippen LogP) is 3.05. The van der Waals surface area contributed by atoms with E-state index in [0.29, 0.717) is 22.8 Å². The summed E-state index contributed by atoms with van der Waals surface area (Å²) in [5.41, 5.74) is 2.41. The van der Waals surface area contributed by atoms with Gasteiger partial charge in [0.25, 0.3) is 0 Å². The maximum atomic E-state index is 12.6. The molecule has 0 aliphatic rings. The first-order chi connectivity index (χ1) is 13.3. The number of methoxy groups -OCH3 is 1. The van der Waals surface area contributed by atoms with Gasteiger partial charge in [0.1, 0.15) is 11.8 Å². The van der Waals surface area contributed by atoms with Crippen molar-refractivity contribution < 1.29 is 19.1 Å². The molecule has 0 bridgehead atoms. The number of hydrogen-bond acceptors (Lipinski definition) is 5. The molecule has 148 valence electrons. The van der Waals surface area contributed by atoms with E-state index in [-0.39, 0.29) is 17.7 Å². The van der Waals surface area contributed by atoms with Crippen molar-refractivity contribution >= 4 is 40.5 Å². The molecule has 0 aliphatic carbocycles. The molecule has 0 saturated heterocycles. The Hall–Kier alpha value is -3.55. The van der Waals surface area contributed by atoms with Gasteiger partial charge in [-0.05, 0) is 49.4 Å². The van der Waals surface area contributed by atoms with Crippen molar-refractivity contribution in [3.8, 4) is 5.75 Å². The van der Waals surface area contributed by atoms with Crippen LogP contribution in [-0.4, -0.2) is 30.9 Å². The third-order valence-corrected chi connectivity index (χ3v) is 3.76. The highest BCUT2D eigenvalue weighted by atomic mass is 16.5. The lowest BCUT2D eigenvalue weighted by Gasteiger charge is -2.17. The van der Waals surface area contributed by atoms with E-state index in [1.165, 1.54) is 21.0 Å². The summed E-state index contributed by atoms with van der Waals surface area (Å²) in [5, 5.41) is 11.2. The Morgan fingerprint density at radius 3 is 1.93 bits per heavy atom. The number of rotatable bonds is 7. The molecule has 1 unspecified atom stereocenters. The average Bonchev–Trinajstić information content (AvgIpc) is 2.62. The second-order valence-electron chi connectivity index (χ2n) is 6.21. The van der Waals surface area contributed by atoms with Gasteiger partial charge in [-0.3, -0.25) is 14.4 Å². The quantitative estimate of drug-likeness (QED) is 0.587. The number of benzene rings is 2. The Labute approximate surface area is 163 Å². The molecule has 2 rings (SSSR count). The van der Waals surface area contributed by atoms with E-state index < -0.39 is 6.04 Å². The highest BCUT2D eigenvalue weighted by molar-refractivity contribution is 5.98. The largest absolute Gasteiger partial charge is 0.495 e. The van der Waals surface area contributed by atoms with Crippen LogP contribution in [0, 0.1) is 0 Å². The van der Waals surface area contributed by atoms with Crippen LogP contribution < -0.4 is 26.0 Å². The van der Waals surface area contributed by atoms with Crippen molar-refractivity contribution in [3.63, 3.8) is 0 Å². The molecule has 2 aromatic rings. The van der Waals surface area contributed by atoms with Gasteiger partial charge in [0.05, 0.1) is 12.8 Å². The molecule has 0 aromatic heterocycles. The van der Waals surface area contributed by atoms with Crippen molar-refractivity contribution in [2.45, 2.75) is 26.8 Å². The fourth-order valence-electron chi connectivity index (χ4n) is 2.50. The summed E-state index contributed by atoms with van der Waals surface area (Å²) in [6.07, 6.45) is 0. The molecule has 8 heteroatoms. The molecule has 0 radical (unpaired) electrons. The Kier molecular flexibility index (Phi) is 6.97. The minimum atomic E-state index is -0.541. The van der Waals surface area contributed by atoms with Gasteiger partial charge in [-0.25, -0.2) is 0 Å². The Morgan fingerprint density at radius 1 is 0.821 bits per heavy atom. The normalized spacial score (nSPS) is 11.1. The lowest BCUT2D eigenvalue weighted by atomic mass is 10.2. The zero-order valence-corrected chi connectivity index (χ0v) is 16.3. The van der Waals surface area contributed by atoms with Crippen LogP contribution in [0.2, 0.25) is 0 Å². The lowest BCUT2D eigenvalue weighted by molar-refractivity contribution is -0.116. The maximum absolute atomic E-state index is 12.6. The lowest BCUT2D eigenvalue weighted by Crippen LogP contribution is -2.32. The first-order valence-corrected chi connectivity index (χ1v) is 8.69. The number of hydrogen-bond donors (Lipinski definition) is 4. The van der Waals surface area contributed by atoms with Crippen LogP contribution in [0.1, 0.15) is 20.8 Å². The number of ether oxygens (including phenoxy) is 1. The molecule has 0 heterocycles. The first-order valence-electron chi connectivity index (χ1n) is 8.69. The van der Waals surface area contributed by atoms with E-state index in [2.05, 4.69) is 21.3 Å². The molecular formula is C20H24N4O4. The number of nitrogens with one attached hydrogen (secondary N) is 4. The topological polar surface area (TPSA) is 109 Å². The van der Waals surface area contributed by atoms with Crippen molar-refractivity contribution in [3.05, 3.63) is 42.5 Å². The molecule has 8 nitrogen and oxygen atoms in total. The molecule has 1 atom stereocenters. The van der Waals surface area contributed by atoms with Gasteiger partial charge in [0, 0.05) is 30.9 Å². The third-order valence-electron chi connectivity index (χ3n) is 3.76. The van der Waals surface area contributed by atoms with E-state index in [1.54, 1.807) is 49.4 Å². The van der Waals surface area contributed by atoms with Gasteiger partial charge >= 0.3 is 0 Å². The highest BCUT2D eigenvalue weighted by Crippen LogP contribution is 2.28. The number of anilines is 4. The van der Waals surface area contributed by atoms with Crippen LogP contribution in [-0.2, 0) is 14.4 Å². The van der Waals surface area contributed by atoms with Crippen LogP contribution in [0.25, 0.3) is 0 Å². The Bertz CT molecular complexity index is 865. The summed E-state index contributed by atoms with van der Waals surface area (Å²) < 4.78 is 5.27. The van der Waals surface area contributed by atoms with E-state index in [4.69, 9.17) is 4.74 Å². The van der Waals surface area contributed by atoms with Crippen LogP contribution in [0.15, 0.2) is 42.5 Å². The van der Waals surface area contributed by atoms with Crippen LogP contribution in [0.5, 0.6) is 5.75 Å². The summed E-state index contributed by atoms with van der Waals surface area (Å²) in [6, 6.07) is 11.5. The second kappa shape index (κ2) is 9.40. The molecule has 4 N–H and O–H groups in total. The predicted molar refractivity (Wildman–Crippen MR) is 110 cm³/mol. The van der Waals surface area contributed by atoms with Crippen molar-refractivity contribution in [2.75, 3.05) is 28.4 Å². The van der Waals surface area contributed by atoms with E-state index in [0.717, 1.165) is 5.69 Å². The van der Waals surface area contributed by atoms with Crippen molar-refractivity contribution in [1.29, 1.82) is 0 Å². The average molecular weight is 384 g/mol. The SMILES string of the molecule is COc1ccc(NC(C)=O)cc1NC(=O)C(C)Nc1ccc(NC(C)=O)cc1. The summed E-state index contributed by atoms with van der Waals surface area (Å²) in [7, 11) is 1.50. The minimum absolute atomic E-state index is 0.149. The van der Waals surface area contributed by atoms with E-state index in [9.17, 15) is 14.4 Å². The molecular weight excluding hydrogens is 360 g/mol. The van der Waals surface area contributed by atoms with Crippen LogP contribution in [0.4, 0.5) is 22.7 Å². The van der Waals surface area contributed by atoms with Gasteiger partial charge in [-0.15, -0.1) is 0 Å². The summed E-state index contributed by atoms with van der Waals surface area (Å²) in [6.45, 7) is 4.57. The van der Waals surface area contributed by atoms with Crippen LogP contribution in [0.3, 0.4) is 0 Å². The van der Waals surface area contributed by atoms with Gasteiger partial charge in [0.15, 0.2) is 0 Å². The zero-order chi connectivity index (χ0) is 20.7. The van der Waals surface area contributed by atoms with E-state index in [1.807, 2.05) is 0 Å². The molecule has 2 aromatic carbocycles. The van der Waals surface area contributed by atoms with Crippen molar-refractivity contribution in [1.82, 2.24) is 0 Å². The van der Waals surface area contributed by atoms with Crippen LogP contribution >= 0.6 is 0 Å². The molecule has 0 saturated carbocycles. The highest BCUT2D eigenvalue weighted by Gasteiger charge is 2.15. The Morgan fingerprint density at radius 2 is 1.36 bits per heavy atom. The van der Waals surface area contributed by atoms with Crippen molar-refractivity contribution in [2.24, 2.45) is 0 Å². The summed E-state index contributed by atoms with van der Waals surface area (Å²) >= 11 is 0. The first kappa shape index (κ1) is 20.8. The fourth-order valence-corrected chi connectivity index (χ4v) is 2.50.